The van der Waals surface area contributed by atoms with E-state index >= 15 is 0 Å². The normalized spacial score (nSPS) is 11.1. The smallest absolute Gasteiger partial charge is 0.162 e. The Labute approximate surface area is 114 Å². The molecule has 0 fully saturated rings. The standard InChI is InChI=1S/C16H21N3/c1-9(2)14-12(5)18-16(19-15(14)17)13-7-6-10(3)8-11(13)4/h6-9H,1-5H3,(H2,17,18,19). The van der Waals surface area contributed by atoms with Gasteiger partial charge in [-0.3, -0.25) is 0 Å². The summed E-state index contributed by atoms with van der Waals surface area (Å²) in [6.07, 6.45) is 0. The van der Waals surface area contributed by atoms with Crippen molar-refractivity contribution in [2.45, 2.75) is 40.5 Å². The molecule has 0 radical (unpaired) electrons. The van der Waals surface area contributed by atoms with Crippen LogP contribution in [0.4, 0.5) is 5.82 Å². The van der Waals surface area contributed by atoms with Crippen LogP contribution < -0.4 is 5.73 Å². The molecule has 0 spiro atoms. The van der Waals surface area contributed by atoms with Gasteiger partial charge in [0.2, 0.25) is 0 Å². The van der Waals surface area contributed by atoms with Crippen molar-refractivity contribution >= 4 is 5.82 Å². The Hall–Kier alpha value is -1.90. The molecule has 0 aliphatic carbocycles. The fourth-order valence-corrected chi connectivity index (χ4v) is 2.50. The molecule has 2 aromatic rings. The zero-order valence-corrected chi connectivity index (χ0v) is 12.3. The first kappa shape index (κ1) is 13.5. The minimum atomic E-state index is 0.341. The van der Waals surface area contributed by atoms with E-state index in [1.807, 2.05) is 6.92 Å². The van der Waals surface area contributed by atoms with E-state index in [1.54, 1.807) is 0 Å². The maximum atomic E-state index is 6.09. The van der Waals surface area contributed by atoms with Crippen LogP contribution in [0.15, 0.2) is 18.2 Å². The molecule has 0 amide bonds. The fourth-order valence-electron chi connectivity index (χ4n) is 2.50. The molecule has 1 heterocycles. The monoisotopic (exact) mass is 255 g/mol. The van der Waals surface area contributed by atoms with E-state index in [2.05, 4.69) is 55.9 Å². The van der Waals surface area contributed by atoms with Crippen LogP contribution in [0, 0.1) is 20.8 Å². The predicted octanol–water partition coefficient (Wildman–Crippen LogP) is 3.77. The Morgan fingerprint density at radius 1 is 1.05 bits per heavy atom. The molecule has 0 bridgehead atoms. The molecule has 19 heavy (non-hydrogen) atoms. The van der Waals surface area contributed by atoms with Crippen molar-refractivity contribution in [3.05, 3.63) is 40.6 Å². The van der Waals surface area contributed by atoms with Crippen LogP contribution in [0.25, 0.3) is 11.4 Å². The lowest BCUT2D eigenvalue weighted by molar-refractivity contribution is 0.836. The van der Waals surface area contributed by atoms with E-state index in [1.165, 1.54) is 11.1 Å². The van der Waals surface area contributed by atoms with Gasteiger partial charge < -0.3 is 5.73 Å². The third-order valence-corrected chi connectivity index (χ3v) is 3.37. The molecule has 100 valence electrons. The number of rotatable bonds is 2. The van der Waals surface area contributed by atoms with Crippen LogP contribution in [-0.2, 0) is 0 Å². The second kappa shape index (κ2) is 5.00. The Morgan fingerprint density at radius 3 is 2.26 bits per heavy atom. The molecule has 3 heteroatoms. The van der Waals surface area contributed by atoms with E-state index in [0.717, 1.165) is 22.6 Å². The molecule has 0 atom stereocenters. The molecule has 3 nitrogen and oxygen atoms in total. The number of benzene rings is 1. The summed E-state index contributed by atoms with van der Waals surface area (Å²) in [6, 6.07) is 6.28. The van der Waals surface area contributed by atoms with Gasteiger partial charge in [-0.15, -0.1) is 0 Å². The average Bonchev–Trinajstić information content (AvgIpc) is 2.26. The van der Waals surface area contributed by atoms with E-state index in [0.29, 0.717) is 11.7 Å². The molecular weight excluding hydrogens is 234 g/mol. The van der Waals surface area contributed by atoms with E-state index in [4.69, 9.17) is 5.73 Å². The highest BCUT2D eigenvalue weighted by molar-refractivity contribution is 5.63. The molecule has 0 aliphatic rings. The zero-order chi connectivity index (χ0) is 14.2. The van der Waals surface area contributed by atoms with Crippen molar-refractivity contribution in [1.82, 2.24) is 9.97 Å². The first-order chi connectivity index (χ1) is 8.90. The summed E-state index contributed by atoms with van der Waals surface area (Å²) in [7, 11) is 0. The highest BCUT2D eigenvalue weighted by Gasteiger charge is 2.14. The largest absolute Gasteiger partial charge is 0.383 e. The Bertz CT molecular complexity index is 592. The molecule has 1 aromatic carbocycles. The quantitative estimate of drug-likeness (QED) is 0.888. The van der Waals surface area contributed by atoms with Gasteiger partial charge in [-0.05, 0) is 32.3 Å². The highest BCUT2D eigenvalue weighted by atomic mass is 15.0. The van der Waals surface area contributed by atoms with E-state index in [9.17, 15) is 0 Å². The molecule has 1 aromatic heterocycles. The molecular formula is C16H21N3. The number of aromatic nitrogens is 2. The van der Waals surface area contributed by atoms with Crippen molar-refractivity contribution in [2.24, 2.45) is 0 Å². The minimum Gasteiger partial charge on any atom is -0.383 e. The lowest BCUT2D eigenvalue weighted by Gasteiger charge is -2.14. The third-order valence-electron chi connectivity index (χ3n) is 3.37. The van der Waals surface area contributed by atoms with Crippen molar-refractivity contribution in [2.75, 3.05) is 5.73 Å². The summed E-state index contributed by atoms with van der Waals surface area (Å²) in [6.45, 7) is 10.4. The first-order valence-corrected chi connectivity index (χ1v) is 6.61. The SMILES string of the molecule is Cc1ccc(-c2nc(C)c(C(C)C)c(N)n2)c(C)c1. The van der Waals surface area contributed by atoms with Crippen molar-refractivity contribution < 1.29 is 0 Å². The summed E-state index contributed by atoms with van der Waals surface area (Å²) in [5.74, 6) is 1.66. The zero-order valence-electron chi connectivity index (χ0n) is 12.3. The fraction of sp³-hybridized carbons (Fsp3) is 0.375. The Balaban J connectivity index is 2.58. The van der Waals surface area contributed by atoms with Gasteiger partial charge in [0.15, 0.2) is 5.82 Å². The second-order valence-electron chi connectivity index (χ2n) is 5.40. The lowest BCUT2D eigenvalue weighted by Crippen LogP contribution is -2.07. The summed E-state index contributed by atoms with van der Waals surface area (Å²) in [5.41, 5.74) is 11.6. The van der Waals surface area contributed by atoms with Gasteiger partial charge in [0, 0.05) is 16.8 Å². The molecule has 0 saturated carbocycles. The van der Waals surface area contributed by atoms with Gasteiger partial charge in [-0.2, -0.15) is 0 Å². The van der Waals surface area contributed by atoms with Crippen LogP contribution in [0.1, 0.15) is 42.1 Å². The predicted molar refractivity (Wildman–Crippen MR) is 80.2 cm³/mol. The summed E-state index contributed by atoms with van der Waals surface area (Å²) in [4.78, 5) is 9.11. The lowest BCUT2D eigenvalue weighted by atomic mass is 10.0. The van der Waals surface area contributed by atoms with Crippen molar-refractivity contribution in [3.63, 3.8) is 0 Å². The highest BCUT2D eigenvalue weighted by Crippen LogP contribution is 2.27. The van der Waals surface area contributed by atoms with Crippen LogP contribution in [0.5, 0.6) is 0 Å². The van der Waals surface area contributed by atoms with E-state index in [-0.39, 0.29) is 0 Å². The number of nitrogens with zero attached hydrogens (tertiary/aromatic N) is 2. The number of nitrogen functional groups attached to an aromatic ring is 1. The van der Waals surface area contributed by atoms with Gasteiger partial charge in [-0.25, -0.2) is 9.97 Å². The van der Waals surface area contributed by atoms with Gasteiger partial charge in [-0.1, -0.05) is 37.6 Å². The third kappa shape index (κ3) is 2.60. The maximum absolute atomic E-state index is 6.09. The topological polar surface area (TPSA) is 51.8 Å². The van der Waals surface area contributed by atoms with Crippen LogP contribution in [-0.4, -0.2) is 9.97 Å². The van der Waals surface area contributed by atoms with Gasteiger partial charge in [0.25, 0.3) is 0 Å². The first-order valence-electron chi connectivity index (χ1n) is 6.61. The number of hydrogen-bond donors (Lipinski definition) is 1. The number of aryl methyl sites for hydroxylation is 3. The minimum absolute atomic E-state index is 0.341. The van der Waals surface area contributed by atoms with Crippen LogP contribution in [0.2, 0.25) is 0 Å². The molecule has 0 saturated heterocycles. The number of nitrogens with two attached hydrogens (primary N) is 1. The molecule has 0 unspecified atom stereocenters. The Morgan fingerprint density at radius 2 is 1.74 bits per heavy atom. The van der Waals surface area contributed by atoms with Crippen LogP contribution >= 0.6 is 0 Å². The van der Waals surface area contributed by atoms with Gasteiger partial charge in [0.05, 0.1) is 0 Å². The summed E-state index contributed by atoms with van der Waals surface area (Å²) >= 11 is 0. The van der Waals surface area contributed by atoms with Crippen molar-refractivity contribution in [3.8, 4) is 11.4 Å². The van der Waals surface area contributed by atoms with Crippen molar-refractivity contribution in [1.29, 1.82) is 0 Å². The average molecular weight is 255 g/mol. The molecule has 2 rings (SSSR count). The van der Waals surface area contributed by atoms with E-state index < -0.39 is 0 Å². The summed E-state index contributed by atoms with van der Waals surface area (Å²) in [5, 5.41) is 0. The van der Waals surface area contributed by atoms with Gasteiger partial charge in [0.1, 0.15) is 5.82 Å². The second-order valence-corrected chi connectivity index (χ2v) is 5.40. The molecule has 2 N–H and O–H groups in total. The maximum Gasteiger partial charge on any atom is 0.162 e. The number of anilines is 1. The Kier molecular flexibility index (Phi) is 3.56. The molecule has 0 aliphatic heterocycles. The van der Waals surface area contributed by atoms with Crippen LogP contribution in [0.3, 0.4) is 0 Å². The summed E-state index contributed by atoms with van der Waals surface area (Å²) < 4.78 is 0. The van der Waals surface area contributed by atoms with Gasteiger partial charge >= 0.3 is 0 Å². The number of hydrogen-bond acceptors (Lipinski definition) is 3.